The maximum absolute atomic E-state index is 12.3. The van der Waals surface area contributed by atoms with Crippen LogP contribution in [0.25, 0.3) is 0 Å². The zero-order valence-electron chi connectivity index (χ0n) is 15.7. The third-order valence-electron chi connectivity index (χ3n) is 4.47. The van der Waals surface area contributed by atoms with Crippen LogP contribution >= 0.6 is 0 Å². The van der Waals surface area contributed by atoms with Crippen molar-refractivity contribution in [3.8, 4) is 0 Å². The lowest BCUT2D eigenvalue weighted by atomic mass is 10.1. The Morgan fingerprint density at radius 1 is 1.29 bits per heavy atom. The van der Waals surface area contributed by atoms with Crippen molar-refractivity contribution in [3.63, 3.8) is 0 Å². The normalized spacial score (nSPS) is 20.7. The minimum Gasteiger partial charge on any atom is -0.395 e. The molecule has 0 aliphatic carbocycles. The van der Waals surface area contributed by atoms with E-state index in [0.29, 0.717) is 18.4 Å². The van der Waals surface area contributed by atoms with Gasteiger partial charge in [0.15, 0.2) is 0 Å². The summed E-state index contributed by atoms with van der Waals surface area (Å²) < 4.78 is 11.1. The molecule has 2 atom stereocenters. The number of nitrogens with zero attached hydrogens (tertiary/aromatic N) is 2. The first-order chi connectivity index (χ1) is 13.5. The summed E-state index contributed by atoms with van der Waals surface area (Å²) in [5.41, 5.74) is 0.440. The van der Waals surface area contributed by atoms with E-state index in [4.69, 9.17) is 9.47 Å². The highest BCUT2D eigenvalue weighted by atomic mass is 16.8. The molecule has 1 saturated heterocycles. The van der Waals surface area contributed by atoms with E-state index in [1.165, 1.54) is 4.90 Å². The highest BCUT2D eigenvalue weighted by Gasteiger charge is 2.50. The molecule has 3 N–H and O–H groups in total. The summed E-state index contributed by atoms with van der Waals surface area (Å²) in [6.07, 6.45) is 0.389. The third kappa shape index (κ3) is 5.94. The number of carbonyl (C=O) groups excluding carboxylic acids is 1. The van der Waals surface area contributed by atoms with E-state index in [1.54, 1.807) is 30.3 Å². The summed E-state index contributed by atoms with van der Waals surface area (Å²) >= 11 is 0. The fourth-order valence-electron chi connectivity index (χ4n) is 3.02. The van der Waals surface area contributed by atoms with E-state index in [9.17, 15) is 25.1 Å². The number of hydrogen-bond donors (Lipinski definition) is 3. The number of rotatable bonds is 11. The first kappa shape index (κ1) is 22.2. The summed E-state index contributed by atoms with van der Waals surface area (Å²) in [4.78, 5) is 24.9. The van der Waals surface area contributed by atoms with Crippen LogP contribution in [0.1, 0.15) is 29.6 Å². The van der Waals surface area contributed by atoms with Crippen molar-refractivity contribution in [2.75, 3.05) is 39.5 Å². The fourth-order valence-corrected chi connectivity index (χ4v) is 3.02. The second-order valence-electron chi connectivity index (χ2n) is 6.41. The molecule has 0 spiro atoms. The SMILES string of the molecule is O=C(NCC(OC1([N+](=O)[O-])CCCCO1)N(CCO)CCO)c1ccccc1. The van der Waals surface area contributed by atoms with Crippen LogP contribution in [0.15, 0.2) is 30.3 Å². The van der Waals surface area contributed by atoms with Gasteiger partial charge in [-0.1, -0.05) is 18.2 Å². The van der Waals surface area contributed by atoms with Crippen LogP contribution in [0.3, 0.4) is 0 Å². The van der Waals surface area contributed by atoms with Crippen LogP contribution in [-0.2, 0) is 9.47 Å². The van der Waals surface area contributed by atoms with Gasteiger partial charge in [0.25, 0.3) is 5.91 Å². The number of aliphatic hydroxyl groups is 2. The predicted molar refractivity (Wildman–Crippen MR) is 98.9 cm³/mol. The standard InChI is InChI=1S/C18H27N3O7/c22-11-9-20(10-12-23)16(14-19-17(24)15-6-2-1-3-7-15)28-18(21(25)26)8-4-5-13-27-18/h1-3,6-7,16,22-23H,4-5,8-14H2,(H,19,24). The molecule has 1 aliphatic heterocycles. The Balaban J connectivity index is 2.15. The first-order valence-corrected chi connectivity index (χ1v) is 9.27. The number of benzene rings is 1. The van der Waals surface area contributed by atoms with Gasteiger partial charge in [-0.15, -0.1) is 0 Å². The average molecular weight is 397 g/mol. The zero-order chi connectivity index (χ0) is 20.4. The Kier molecular flexibility index (Phi) is 8.74. The number of carbonyl (C=O) groups is 1. The van der Waals surface area contributed by atoms with Crippen LogP contribution in [0.5, 0.6) is 0 Å². The molecule has 0 bridgehead atoms. The van der Waals surface area contributed by atoms with Crippen LogP contribution < -0.4 is 5.32 Å². The maximum Gasteiger partial charge on any atom is 0.443 e. The largest absolute Gasteiger partial charge is 0.443 e. The highest BCUT2D eigenvalue weighted by Crippen LogP contribution is 2.29. The Morgan fingerprint density at radius 2 is 1.96 bits per heavy atom. The van der Waals surface area contributed by atoms with Crippen LogP contribution in [0.4, 0.5) is 0 Å². The number of amides is 1. The molecule has 2 unspecified atom stereocenters. The number of nitro groups is 1. The second kappa shape index (κ2) is 11.0. The summed E-state index contributed by atoms with van der Waals surface area (Å²) in [6.45, 7) is -0.130. The van der Waals surface area contributed by atoms with Gasteiger partial charge in [0.05, 0.1) is 37.7 Å². The van der Waals surface area contributed by atoms with Crippen LogP contribution in [0.2, 0.25) is 0 Å². The molecule has 10 nitrogen and oxygen atoms in total. The number of nitrogens with one attached hydrogen (secondary N) is 1. The fraction of sp³-hybridized carbons (Fsp3) is 0.611. The van der Waals surface area contributed by atoms with Gasteiger partial charge < -0.3 is 15.5 Å². The molecule has 1 fully saturated rings. The Morgan fingerprint density at radius 3 is 2.50 bits per heavy atom. The topological polar surface area (TPSA) is 134 Å². The molecule has 2 rings (SSSR count). The molecule has 1 amide bonds. The van der Waals surface area contributed by atoms with E-state index >= 15 is 0 Å². The number of aliphatic hydroxyl groups excluding tert-OH is 2. The minimum absolute atomic E-state index is 0.0767. The highest BCUT2D eigenvalue weighted by molar-refractivity contribution is 5.94. The van der Waals surface area contributed by atoms with Crippen molar-refractivity contribution < 1.29 is 29.4 Å². The molecule has 1 aromatic carbocycles. The van der Waals surface area contributed by atoms with Gasteiger partial charge >= 0.3 is 5.91 Å². The molecular formula is C18H27N3O7. The van der Waals surface area contributed by atoms with Crippen LogP contribution in [0, 0.1) is 10.1 Å². The first-order valence-electron chi connectivity index (χ1n) is 9.27. The quantitative estimate of drug-likeness (QED) is 0.273. The van der Waals surface area contributed by atoms with Crippen molar-refractivity contribution >= 4 is 5.91 Å². The van der Waals surface area contributed by atoms with E-state index in [0.717, 1.165) is 0 Å². The third-order valence-corrected chi connectivity index (χ3v) is 4.47. The molecular weight excluding hydrogens is 370 g/mol. The smallest absolute Gasteiger partial charge is 0.395 e. The van der Waals surface area contributed by atoms with Gasteiger partial charge in [0, 0.05) is 18.7 Å². The van der Waals surface area contributed by atoms with Gasteiger partial charge in [-0.05, 0) is 25.0 Å². The zero-order valence-corrected chi connectivity index (χ0v) is 15.7. The second-order valence-corrected chi connectivity index (χ2v) is 6.41. The van der Waals surface area contributed by atoms with Crippen molar-refractivity contribution in [1.82, 2.24) is 10.2 Å². The van der Waals surface area contributed by atoms with E-state index < -0.39 is 17.1 Å². The molecule has 0 radical (unpaired) electrons. The molecule has 1 aliphatic rings. The lowest BCUT2D eigenvalue weighted by Crippen LogP contribution is -2.56. The van der Waals surface area contributed by atoms with Crippen molar-refractivity contribution in [2.24, 2.45) is 0 Å². The van der Waals surface area contributed by atoms with E-state index in [-0.39, 0.29) is 51.8 Å². The molecule has 0 aromatic heterocycles. The van der Waals surface area contributed by atoms with Gasteiger partial charge in [0.1, 0.15) is 6.23 Å². The molecule has 1 heterocycles. The predicted octanol–water partition coefficient (Wildman–Crippen LogP) is 0.177. The molecule has 10 heteroatoms. The lowest BCUT2D eigenvalue weighted by Gasteiger charge is -2.36. The minimum atomic E-state index is -2.01. The Bertz CT molecular complexity index is 617. The van der Waals surface area contributed by atoms with E-state index in [2.05, 4.69) is 5.32 Å². The van der Waals surface area contributed by atoms with Crippen LogP contribution in [-0.4, -0.2) is 77.5 Å². The maximum atomic E-state index is 12.3. The summed E-state index contributed by atoms with van der Waals surface area (Å²) in [5, 5.41) is 33.0. The lowest BCUT2D eigenvalue weighted by molar-refractivity contribution is -0.704. The summed E-state index contributed by atoms with van der Waals surface area (Å²) in [6, 6.07) is 8.53. The molecule has 156 valence electrons. The Labute approximate surface area is 163 Å². The van der Waals surface area contributed by atoms with Crippen molar-refractivity contribution in [1.29, 1.82) is 0 Å². The number of ether oxygens (including phenoxy) is 2. The molecule has 28 heavy (non-hydrogen) atoms. The average Bonchev–Trinajstić information content (AvgIpc) is 2.72. The summed E-state index contributed by atoms with van der Waals surface area (Å²) in [5.74, 6) is -2.37. The molecule has 0 saturated carbocycles. The Hall–Kier alpha value is -2.11. The van der Waals surface area contributed by atoms with Gasteiger partial charge in [-0.25, -0.2) is 0 Å². The summed E-state index contributed by atoms with van der Waals surface area (Å²) in [7, 11) is 0. The van der Waals surface area contributed by atoms with Crippen molar-refractivity contribution in [3.05, 3.63) is 46.0 Å². The van der Waals surface area contributed by atoms with Gasteiger partial charge in [-0.3, -0.25) is 29.3 Å². The van der Waals surface area contributed by atoms with Gasteiger partial charge in [-0.2, -0.15) is 0 Å². The number of hydrogen-bond acceptors (Lipinski definition) is 8. The van der Waals surface area contributed by atoms with E-state index in [1.807, 2.05) is 0 Å². The van der Waals surface area contributed by atoms with Crippen molar-refractivity contribution in [2.45, 2.75) is 31.4 Å². The van der Waals surface area contributed by atoms with Gasteiger partial charge in [0.2, 0.25) is 0 Å². The monoisotopic (exact) mass is 397 g/mol. The molecule has 1 aromatic rings.